The van der Waals surface area contributed by atoms with Gasteiger partial charge in [0.1, 0.15) is 0 Å². The van der Waals surface area contributed by atoms with Crippen LogP contribution < -0.4 is 14.4 Å². The second-order valence-electron chi connectivity index (χ2n) is 8.85. The summed E-state index contributed by atoms with van der Waals surface area (Å²) in [7, 11) is -6.01. The Morgan fingerprint density at radius 3 is 2.23 bits per heavy atom. The van der Waals surface area contributed by atoms with Crippen molar-refractivity contribution < 1.29 is 35.3 Å². The Bertz CT molecular complexity index is 837. The van der Waals surface area contributed by atoms with E-state index in [1.807, 2.05) is 27.7 Å². The highest BCUT2D eigenvalue weighted by Gasteiger charge is 2.51. The van der Waals surface area contributed by atoms with Crippen LogP contribution in [-0.2, 0) is 24.5 Å². The summed E-state index contributed by atoms with van der Waals surface area (Å²) in [5, 5.41) is 0. The molecule has 0 bridgehead atoms. The van der Waals surface area contributed by atoms with Crippen molar-refractivity contribution in [1.29, 1.82) is 0 Å². The van der Waals surface area contributed by atoms with Gasteiger partial charge in [0.05, 0.1) is 17.3 Å². The van der Waals surface area contributed by atoms with Crippen LogP contribution in [0.4, 0.5) is 3.89 Å². The summed E-state index contributed by atoms with van der Waals surface area (Å²) >= 11 is 0. The van der Waals surface area contributed by atoms with E-state index in [0.717, 1.165) is 25.7 Å². The fraction of sp³-hybridized carbons (Fsp3) is 0.700. The van der Waals surface area contributed by atoms with E-state index in [2.05, 4.69) is 4.18 Å². The Kier molecular flexibility index (Phi) is 6.72. The van der Waals surface area contributed by atoms with E-state index in [9.17, 15) is 12.3 Å². The Hall–Kier alpha value is -1.36. The van der Waals surface area contributed by atoms with Crippen LogP contribution in [0.3, 0.4) is 0 Å². The van der Waals surface area contributed by atoms with Crippen LogP contribution >= 0.6 is 0 Å². The van der Waals surface area contributed by atoms with Crippen molar-refractivity contribution in [2.24, 2.45) is 0 Å². The lowest BCUT2D eigenvalue weighted by Gasteiger charge is -2.32. The monoisotopic (exact) mass is 444 g/mol. The maximum atomic E-state index is 13.3. The minimum atomic E-state index is -5.25. The van der Waals surface area contributed by atoms with Crippen LogP contribution in [0, 0.1) is 0 Å². The van der Waals surface area contributed by atoms with Gasteiger partial charge < -0.3 is 23.0 Å². The van der Waals surface area contributed by atoms with E-state index in [1.165, 1.54) is 18.6 Å². The molecule has 3 rings (SSSR count). The number of halogens is 1. The second kappa shape index (κ2) is 8.65. The topological polar surface area (TPSA) is 80.3 Å². The summed E-state index contributed by atoms with van der Waals surface area (Å²) in [6, 6.07) is 4.52. The lowest BCUT2D eigenvalue weighted by atomic mass is 9.79. The number of ether oxygens (including phenoxy) is 2. The molecule has 2 aliphatic rings. The fourth-order valence-corrected chi connectivity index (χ4v) is 3.94. The van der Waals surface area contributed by atoms with Crippen LogP contribution in [0.25, 0.3) is 0 Å². The average Bonchev–Trinajstić information content (AvgIpc) is 2.83. The van der Waals surface area contributed by atoms with Crippen molar-refractivity contribution in [3.63, 3.8) is 0 Å². The first kappa shape index (κ1) is 23.3. The molecule has 1 aromatic rings. The first-order valence-corrected chi connectivity index (χ1v) is 11.6. The van der Waals surface area contributed by atoms with Crippen molar-refractivity contribution in [1.82, 2.24) is 0 Å². The molecule has 0 radical (unpaired) electrons. The first-order chi connectivity index (χ1) is 13.9. The third-order valence-electron chi connectivity index (χ3n) is 5.91. The van der Waals surface area contributed by atoms with Crippen LogP contribution in [-0.4, -0.2) is 39.1 Å². The van der Waals surface area contributed by atoms with Gasteiger partial charge in [0.2, 0.25) is 0 Å². The quantitative estimate of drug-likeness (QED) is 0.361. The normalized spacial score (nSPS) is 22.7. The van der Waals surface area contributed by atoms with Gasteiger partial charge >= 0.3 is 17.6 Å². The molecule has 0 N–H and O–H groups in total. The molecule has 0 aromatic heterocycles. The Labute approximate surface area is 178 Å². The molecule has 1 heterocycles. The van der Waals surface area contributed by atoms with Gasteiger partial charge in [-0.1, -0.05) is 29.2 Å². The molecule has 0 amide bonds. The molecule has 2 fully saturated rings. The molecule has 168 valence electrons. The number of hydrogen-bond acceptors (Lipinski definition) is 7. The second-order valence-corrected chi connectivity index (χ2v) is 9.81. The zero-order chi connectivity index (χ0) is 22.2. The lowest BCUT2D eigenvalue weighted by molar-refractivity contribution is -0.117. The zero-order valence-electron chi connectivity index (χ0n) is 18.1. The van der Waals surface area contributed by atoms with Crippen LogP contribution in [0.2, 0.25) is 0 Å². The number of rotatable bonds is 7. The maximum Gasteiger partial charge on any atom is 0.494 e. The molecule has 1 aliphatic carbocycles. The molecule has 1 saturated carbocycles. The van der Waals surface area contributed by atoms with Crippen LogP contribution in [0.1, 0.15) is 66.7 Å². The highest BCUT2D eigenvalue weighted by molar-refractivity contribution is 7.81. The van der Waals surface area contributed by atoms with Gasteiger partial charge in [-0.3, -0.25) is 0 Å². The minimum absolute atomic E-state index is 0.0554. The van der Waals surface area contributed by atoms with Gasteiger partial charge in [-0.15, -0.1) is 0 Å². The van der Waals surface area contributed by atoms with Gasteiger partial charge in [-0.25, -0.2) is 0 Å². The summed E-state index contributed by atoms with van der Waals surface area (Å²) in [6.07, 6.45) is 4.76. The van der Waals surface area contributed by atoms with Crippen molar-refractivity contribution in [2.75, 3.05) is 0 Å². The number of hydrogen-bond donors (Lipinski definition) is 0. The Morgan fingerprint density at radius 2 is 1.67 bits per heavy atom. The highest BCUT2D eigenvalue weighted by Crippen LogP contribution is 2.37. The minimum Gasteiger partial charge on any atom is -0.461 e. The van der Waals surface area contributed by atoms with E-state index in [1.54, 1.807) is 13.0 Å². The van der Waals surface area contributed by atoms with Crippen molar-refractivity contribution in [2.45, 2.75) is 90.3 Å². The maximum absolute atomic E-state index is 13.3. The predicted molar refractivity (Wildman–Crippen MR) is 111 cm³/mol. The summed E-state index contributed by atoms with van der Waals surface area (Å²) in [5.41, 5.74) is -0.675. The average molecular weight is 444 g/mol. The molecule has 7 nitrogen and oxygen atoms in total. The smallest absolute Gasteiger partial charge is 0.461 e. The molecule has 1 aromatic carbocycles. The SMILES string of the molecule is CC(Oc1ccc(B2OC(C)(C)C(C)(C)O2)cc1OS(=O)(=O)F)OC1CCCCC1. The standard InChI is InChI=1S/C20H30BFO7S/c1-14(25-16-9-7-6-8-10-16)26-17-12-11-15(13-18(17)27-30(22,23)24)21-28-19(2,3)20(4,5)29-21/h11-14,16H,6-10H2,1-5H3. The third kappa shape index (κ3) is 5.66. The molecule has 30 heavy (non-hydrogen) atoms. The van der Waals surface area contributed by atoms with Gasteiger partial charge in [-0.05, 0) is 65.1 Å². The molecule has 1 atom stereocenters. The molecular formula is C20H30BFO7S. The number of benzene rings is 1. The zero-order valence-corrected chi connectivity index (χ0v) is 19.0. The van der Waals surface area contributed by atoms with E-state index < -0.39 is 35.1 Å². The van der Waals surface area contributed by atoms with E-state index in [0.29, 0.717) is 5.46 Å². The molecular weight excluding hydrogens is 414 g/mol. The van der Waals surface area contributed by atoms with Gasteiger partial charge in [0.25, 0.3) is 0 Å². The Morgan fingerprint density at radius 1 is 1.07 bits per heavy atom. The highest BCUT2D eigenvalue weighted by atomic mass is 32.3. The van der Waals surface area contributed by atoms with Crippen molar-refractivity contribution in [3.05, 3.63) is 18.2 Å². The van der Waals surface area contributed by atoms with Crippen LogP contribution in [0.5, 0.6) is 11.5 Å². The summed E-state index contributed by atoms with van der Waals surface area (Å²) in [5.74, 6) is -0.233. The largest absolute Gasteiger partial charge is 0.494 e. The molecule has 1 unspecified atom stereocenters. The van der Waals surface area contributed by atoms with E-state index >= 15 is 0 Å². The van der Waals surface area contributed by atoms with E-state index in [4.69, 9.17) is 18.8 Å². The summed E-state index contributed by atoms with van der Waals surface area (Å²) in [6.45, 7) is 9.32. The molecule has 10 heteroatoms. The third-order valence-corrected chi connectivity index (χ3v) is 6.29. The molecule has 1 aliphatic heterocycles. The van der Waals surface area contributed by atoms with Crippen LogP contribution in [0.15, 0.2) is 18.2 Å². The lowest BCUT2D eigenvalue weighted by Crippen LogP contribution is -2.41. The van der Waals surface area contributed by atoms with Gasteiger partial charge in [-0.2, -0.15) is 8.42 Å². The van der Waals surface area contributed by atoms with Crippen molar-refractivity contribution >= 4 is 23.1 Å². The van der Waals surface area contributed by atoms with Crippen molar-refractivity contribution in [3.8, 4) is 11.5 Å². The first-order valence-electron chi connectivity index (χ1n) is 10.3. The fourth-order valence-electron chi connectivity index (χ4n) is 3.60. The Balaban J connectivity index is 1.79. The van der Waals surface area contributed by atoms with E-state index in [-0.39, 0.29) is 17.6 Å². The molecule has 0 spiro atoms. The summed E-state index contributed by atoms with van der Waals surface area (Å²) in [4.78, 5) is 0. The molecule has 1 saturated heterocycles. The van der Waals surface area contributed by atoms with Gasteiger partial charge in [0.15, 0.2) is 17.8 Å². The summed E-state index contributed by atoms with van der Waals surface area (Å²) < 4.78 is 63.7. The van der Waals surface area contributed by atoms with Gasteiger partial charge in [0, 0.05) is 0 Å². The predicted octanol–water partition coefficient (Wildman–Crippen LogP) is 3.65.